The van der Waals surface area contributed by atoms with Crippen molar-refractivity contribution < 1.29 is 22.7 Å². The summed E-state index contributed by atoms with van der Waals surface area (Å²) in [5, 5.41) is 7.58. The molecule has 0 bridgehead atoms. The fourth-order valence-corrected chi connectivity index (χ4v) is 6.37. The molecule has 0 spiro atoms. The summed E-state index contributed by atoms with van der Waals surface area (Å²) in [7, 11) is -0.0724. The van der Waals surface area contributed by atoms with Gasteiger partial charge < -0.3 is 14.8 Å². The number of anilines is 1. The maximum atomic E-state index is 13.0. The van der Waals surface area contributed by atoms with E-state index in [9.17, 15) is 13.2 Å². The Balaban J connectivity index is 1.70. The molecule has 10 heteroatoms. The fraction of sp³-hybridized carbons (Fsp3) is 0.444. The predicted octanol–water partition coefficient (Wildman–Crippen LogP) is 2.26. The molecule has 1 aromatic carbocycles. The van der Waals surface area contributed by atoms with Crippen LogP contribution in [0.3, 0.4) is 0 Å². The van der Waals surface area contributed by atoms with Gasteiger partial charge in [0.25, 0.3) is 5.91 Å². The van der Waals surface area contributed by atoms with Crippen molar-refractivity contribution in [2.24, 2.45) is 0 Å². The highest BCUT2D eigenvalue weighted by atomic mass is 32.2. The predicted molar refractivity (Wildman–Crippen MR) is 107 cm³/mol. The number of hydrogen-bond donors (Lipinski definition) is 1. The van der Waals surface area contributed by atoms with Gasteiger partial charge in [-0.25, -0.2) is 13.1 Å². The van der Waals surface area contributed by atoms with E-state index in [1.807, 2.05) is 0 Å². The lowest BCUT2D eigenvalue weighted by Crippen LogP contribution is -2.21. The lowest BCUT2D eigenvalue weighted by molar-refractivity contribution is 0.102. The van der Waals surface area contributed by atoms with E-state index in [0.29, 0.717) is 29.3 Å². The van der Waals surface area contributed by atoms with Gasteiger partial charge in [0.2, 0.25) is 0 Å². The molecule has 1 N–H and O–H groups in total. The second-order valence-corrected chi connectivity index (χ2v) is 9.98. The van der Waals surface area contributed by atoms with Crippen LogP contribution in [0.1, 0.15) is 34.1 Å². The zero-order valence-electron chi connectivity index (χ0n) is 15.6. The highest BCUT2D eigenvalue weighted by molar-refractivity contribution is 7.98. The lowest BCUT2D eigenvalue weighted by atomic mass is 10.1. The number of aromatic nitrogens is 2. The van der Waals surface area contributed by atoms with Gasteiger partial charge in [-0.3, -0.25) is 4.79 Å². The number of rotatable bonds is 5. The van der Waals surface area contributed by atoms with E-state index in [1.54, 1.807) is 34.6 Å². The summed E-state index contributed by atoms with van der Waals surface area (Å²) in [5.74, 6) is 2.73. The van der Waals surface area contributed by atoms with E-state index in [0.717, 1.165) is 22.8 Å². The number of nitrogens with zero attached hydrogens (tertiary/aromatic N) is 2. The van der Waals surface area contributed by atoms with Gasteiger partial charge in [0.05, 0.1) is 43.0 Å². The number of methoxy groups -OCH3 is 2. The summed E-state index contributed by atoms with van der Waals surface area (Å²) in [5.41, 5.74) is 2.21. The van der Waals surface area contributed by atoms with E-state index >= 15 is 0 Å². The van der Waals surface area contributed by atoms with Crippen LogP contribution in [0, 0.1) is 0 Å². The Kier molecular flexibility index (Phi) is 5.00. The van der Waals surface area contributed by atoms with Crippen molar-refractivity contribution in [3.05, 3.63) is 35.0 Å². The molecule has 1 amide bonds. The van der Waals surface area contributed by atoms with Crippen molar-refractivity contribution in [3.8, 4) is 11.5 Å². The van der Waals surface area contributed by atoms with Crippen LogP contribution in [0.2, 0.25) is 0 Å². The van der Waals surface area contributed by atoms with Gasteiger partial charge >= 0.3 is 0 Å². The summed E-state index contributed by atoms with van der Waals surface area (Å²) >= 11 is 1.72. The standard InChI is InChI=1S/C18H21N3O5S2/c1-25-15-5-3-4-12(16(15)26-2)18(22)19-17-13-8-27-9-14(13)20-21(17)11-6-7-28(23,24)10-11/h3-5,11H,6-10H2,1-2H3,(H,19,22). The number of sulfone groups is 1. The third-order valence-electron chi connectivity index (χ3n) is 5.01. The second-order valence-electron chi connectivity index (χ2n) is 6.76. The Bertz CT molecular complexity index is 1030. The van der Waals surface area contributed by atoms with Crippen molar-refractivity contribution >= 4 is 33.3 Å². The van der Waals surface area contributed by atoms with Crippen molar-refractivity contribution in [1.82, 2.24) is 9.78 Å². The molecule has 1 unspecified atom stereocenters. The van der Waals surface area contributed by atoms with Gasteiger partial charge in [-0.2, -0.15) is 16.9 Å². The van der Waals surface area contributed by atoms with Crippen LogP contribution < -0.4 is 14.8 Å². The summed E-state index contributed by atoms with van der Waals surface area (Å²) in [4.78, 5) is 13.0. The van der Waals surface area contributed by atoms with Crippen LogP contribution in [0.15, 0.2) is 18.2 Å². The van der Waals surface area contributed by atoms with Crippen molar-refractivity contribution in [3.63, 3.8) is 0 Å². The summed E-state index contributed by atoms with van der Waals surface area (Å²) in [6.07, 6.45) is 0.501. The largest absolute Gasteiger partial charge is 0.493 e. The molecule has 2 aromatic rings. The molecule has 1 fully saturated rings. The average molecular weight is 424 g/mol. The van der Waals surface area contributed by atoms with Crippen LogP contribution in [0.25, 0.3) is 0 Å². The van der Waals surface area contributed by atoms with Crippen LogP contribution in [-0.4, -0.2) is 49.8 Å². The molecule has 1 atom stereocenters. The molecular weight excluding hydrogens is 402 g/mol. The maximum absolute atomic E-state index is 13.0. The number of thioether (sulfide) groups is 1. The van der Waals surface area contributed by atoms with Crippen LogP contribution in [0.4, 0.5) is 5.82 Å². The van der Waals surface area contributed by atoms with Crippen molar-refractivity contribution in [1.29, 1.82) is 0 Å². The van der Waals surface area contributed by atoms with E-state index in [2.05, 4.69) is 10.4 Å². The number of hydrogen-bond acceptors (Lipinski definition) is 7. The van der Waals surface area contributed by atoms with Gasteiger partial charge in [-0.05, 0) is 18.6 Å². The van der Waals surface area contributed by atoms with Gasteiger partial charge in [0.1, 0.15) is 5.82 Å². The van der Waals surface area contributed by atoms with Gasteiger partial charge in [0, 0.05) is 17.1 Å². The third-order valence-corrected chi connectivity index (χ3v) is 7.73. The summed E-state index contributed by atoms with van der Waals surface area (Å²) in [6, 6.07) is 4.84. The number of nitrogens with one attached hydrogen (secondary N) is 1. The van der Waals surface area contributed by atoms with Gasteiger partial charge in [0.15, 0.2) is 21.3 Å². The topological polar surface area (TPSA) is 99.5 Å². The van der Waals surface area contributed by atoms with E-state index in [4.69, 9.17) is 9.47 Å². The monoisotopic (exact) mass is 423 g/mol. The molecule has 4 rings (SSSR count). The van der Waals surface area contributed by atoms with Crippen LogP contribution >= 0.6 is 11.8 Å². The molecule has 3 heterocycles. The number of ether oxygens (including phenoxy) is 2. The molecular formula is C18H21N3O5S2. The number of carbonyl (C=O) groups excluding carboxylic acids is 1. The molecule has 8 nitrogen and oxygen atoms in total. The first kappa shape index (κ1) is 19.1. The zero-order valence-corrected chi connectivity index (χ0v) is 17.2. The van der Waals surface area contributed by atoms with E-state index < -0.39 is 9.84 Å². The number of fused-ring (bicyclic) bond motifs is 1. The number of para-hydroxylation sites is 1. The highest BCUT2D eigenvalue weighted by Crippen LogP contribution is 2.39. The Morgan fingerprint density at radius 3 is 2.79 bits per heavy atom. The molecule has 28 heavy (non-hydrogen) atoms. The Morgan fingerprint density at radius 2 is 2.11 bits per heavy atom. The molecule has 1 saturated heterocycles. The SMILES string of the molecule is COc1cccc(C(=O)Nc2c3c(nn2C2CCS(=O)(=O)C2)CSC3)c1OC. The molecule has 0 radical (unpaired) electrons. The Morgan fingerprint density at radius 1 is 1.29 bits per heavy atom. The highest BCUT2D eigenvalue weighted by Gasteiger charge is 2.34. The molecule has 2 aliphatic rings. The zero-order chi connectivity index (χ0) is 19.9. The lowest BCUT2D eigenvalue weighted by Gasteiger charge is -2.17. The van der Waals surface area contributed by atoms with Crippen LogP contribution in [0.5, 0.6) is 11.5 Å². The van der Waals surface area contributed by atoms with Crippen LogP contribution in [-0.2, 0) is 21.3 Å². The van der Waals surface area contributed by atoms with E-state index in [-0.39, 0.29) is 23.5 Å². The minimum atomic E-state index is -3.07. The maximum Gasteiger partial charge on any atom is 0.260 e. The second kappa shape index (κ2) is 7.32. The first-order valence-electron chi connectivity index (χ1n) is 8.84. The quantitative estimate of drug-likeness (QED) is 0.787. The fourth-order valence-electron chi connectivity index (χ4n) is 3.64. The first-order chi connectivity index (χ1) is 13.4. The number of benzene rings is 1. The van der Waals surface area contributed by atoms with Crippen molar-refractivity contribution in [2.45, 2.75) is 24.0 Å². The average Bonchev–Trinajstić information content (AvgIpc) is 3.36. The smallest absolute Gasteiger partial charge is 0.260 e. The molecule has 1 aromatic heterocycles. The summed E-state index contributed by atoms with van der Waals surface area (Å²) in [6.45, 7) is 0. The Hall–Kier alpha value is -2.20. The van der Waals surface area contributed by atoms with Gasteiger partial charge in [-0.1, -0.05) is 6.07 Å². The minimum absolute atomic E-state index is 0.0477. The third kappa shape index (κ3) is 3.35. The van der Waals surface area contributed by atoms with Gasteiger partial charge in [-0.15, -0.1) is 0 Å². The molecule has 2 aliphatic heterocycles. The molecule has 0 aliphatic carbocycles. The normalized spacial score (nSPS) is 20.0. The Labute approximate surface area is 167 Å². The minimum Gasteiger partial charge on any atom is -0.493 e. The number of amides is 1. The van der Waals surface area contributed by atoms with E-state index in [1.165, 1.54) is 14.2 Å². The number of carbonyl (C=O) groups is 1. The molecule has 0 saturated carbocycles. The van der Waals surface area contributed by atoms with Crippen molar-refractivity contribution in [2.75, 3.05) is 31.0 Å². The molecule has 150 valence electrons. The summed E-state index contributed by atoms with van der Waals surface area (Å²) < 4.78 is 36.2. The first-order valence-corrected chi connectivity index (χ1v) is 11.8.